The number of fused-ring (bicyclic) bond motifs is 1. The predicted molar refractivity (Wildman–Crippen MR) is 61.1 cm³/mol. The van der Waals surface area contributed by atoms with Crippen LogP contribution in [0.2, 0.25) is 0 Å². The summed E-state index contributed by atoms with van der Waals surface area (Å²) in [5.74, 6) is 0. The molecule has 0 aliphatic carbocycles. The van der Waals surface area contributed by atoms with Gasteiger partial charge in [0, 0.05) is 28.2 Å². The van der Waals surface area contributed by atoms with Crippen LogP contribution in [0.4, 0.5) is 0 Å². The summed E-state index contributed by atoms with van der Waals surface area (Å²) < 4.78 is 2.14. The smallest absolute Gasteiger partial charge is 0.194 e. The minimum Gasteiger partial charge on any atom is -0.294 e. The van der Waals surface area contributed by atoms with Crippen molar-refractivity contribution in [3.63, 3.8) is 0 Å². The van der Waals surface area contributed by atoms with Crippen LogP contribution in [0.5, 0.6) is 0 Å². The quantitative estimate of drug-likeness (QED) is 0.614. The van der Waals surface area contributed by atoms with Gasteiger partial charge < -0.3 is 0 Å². The van der Waals surface area contributed by atoms with Crippen molar-refractivity contribution in [2.75, 3.05) is 0 Å². The molecule has 0 fully saturated rings. The summed E-state index contributed by atoms with van der Waals surface area (Å²) in [6, 6.07) is 2.12. The Balaban J connectivity index is 2.32. The molecular formula is C10H8N2S2. The first kappa shape index (κ1) is 8.20. The maximum atomic E-state index is 4.60. The molecule has 3 heterocycles. The minimum absolute atomic E-state index is 1.07. The van der Waals surface area contributed by atoms with Crippen LogP contribution in [0.15, 0.2) is 28.4 Å². The molecule has 0 bridgehead atoms. The first-order chi connectivity index (χ1) is 6.86. The molecular weight excluding hydrogens is 212 g/mol. The largest absolute Gasteiger partial charge is 0.294 e. The summed E-state index contributed by atoms with van der Waals surface area (Å²) in [6.45, 7) is 2.11. The lowest BCUT2D eigenvalue weighted by atomic mass is 10.2. The van der Waals surface area contributed by atoms with E-state index in [1.165, 1.54) is 11.3 Å². The van der Waals surface area contributed by atoms with Crippen LogP contribution in [-0.2, 0) is 0 Å². The number of hydrogen-bond donors (Lipinski definition) is 0. The highest BCUT2D eigenvalue weighted by Gasteiger charge is 2.10. The van der Waals surface area contributed by atoms with Gasteiger partial charge in [-0.3, -0.25) is 4.40 Å². The number of hydrogen-bond acceptors (Lipinski definition) is 3. The zero-order valence-electron chi connectivity index (χ0n) is 7.60. The Morgan fingerprint density at radius 2 is 2.29 bits per heavy atom. The Labute approximate surface area is 89.5 Å². The van der Waals surface area contributed by atoms with Gasteiger partial charge in [-0.2, -0.15) is 11.3 Å². The number of thiazole rings is 1. The molecule has 0 spiro atoms. The standard InChI is InChI=1S/C10H8N2S2/c1-7-9(8-2-4-13-6-8)11-10-12(7)3-5-14-10/h2-6H,1H3. The molecule has 14 heavy (non-hydrogen) atoms. The molecule has 3 aromatic rings. The van der Waals surface area contributed by atoms with Crippen molar-refractivity contribution in [3.8, 4) is 11.3 Å². The molecule has 0 N–H and O–H groups in total. The van der Waals surface area contributed by atoms with E-state index in [-0.39, 0.29) is 0 Å². The summed E-state index contributed by atoms with van der Waals surface area (Å²) in [5.41, 5.74) is 3.56. The first-order valence-corrected chi connectivity index (χ1v) is 6.13. The van der Waals surface area contributed by atoms with E-state index in [1.807, 2.05) is 0 Å². The van der Waals surface area contributed by atoms with E-state index < -0.39 is 0 Å². The third kappa shape index (κ3) is 1.04. The Morgan fingerprint density at radius 1 is 1.36 bits per heavy atom. The molecule has 0 amide bonds. The van der Waals surface area contributed by atoms with Gasteiger partial charge in [0.05, 0.1) is 5.69 Å². The summed E-state index contributed by atoms with van der Waals surface area (Å²) >= 11 is 3.38. The number of nitrogens with zero attached hydrogens (tertiary/aromatic N) is 2. The molecule has 0 aliphatic heterocycles. The van der Waals surface area contributed by atoms with Gasteiger partial charge in [0.15, 0.2) is 4.96 Å². The molecule has 0 radical (unpaired) electrons. The Bertz CT molecular complexity index is 560. The Kier molecular flexibility index (Phi) is 1.72. The van der Waals surface area contributed by atoms with Gasteiger partial charge >= 0.3 is 0 Å². The predicted octanol–water partition coefficient (Wildman–Crippen LogP) is 3.43. The fraction of sp³-hybridized carbons (Fsp3) is 0.100. The highest BCUT2D eigenvalue weighted by molar-refractivity contribution is 7.15. The second kappa shape index (κ2) is 2.93. The maximum absolute atomic E-state index is 4.60. The van der Waals surface area contributed by atoms with E-state index in [4.69, 9.17) is 0 Å². The zero-order chi connectivity index (χ0) is 9.54. The molecule has 2 nitrogen and oxygen atoms in total. The molecule has 0 saturated carbocycles. The lowest BCUT2D eigenvalue weighted by molar-refractivity contribution is 1.14. The third-order valence-electron chi connectivity index (χ3n) is 2.30. The van der Waals surface area contributed by atoms with Crippen molar-refractivity contribution in [2.45, 2.75) is 6.92 Å². The average molecular weight is 220 g/mol. The van der Waals surface area contributed by atoms with Crippen molar-refractivity contribution in [1.29, 1.82) is 0 Å². The van der Waals surface area contributed by atoms with Crippen LogP contribution in [-0.4, -0.2) is 9.38 Å². The molecule has 0 unspecified atom stereocenters. The van der Waals surface area contributed by atoms with Crippen LogP contribution in [0.25, 0.3) is 16.2 Å². The van der Waals surface area contributed by atoms with Gasteiger partial charge in [0.1, 0.15) is 0 Å². The van der Waals surface area contributed by atoms with Crippen molar-refractivity contribution in [2.24, 2.45) is 0 Å². The molecule has 0 aromatic carbocycles. The molecule has 4 heteroatoms. The van der Waals surface area contributed by atoms with E-state index in [1.54, 1.807) is 22.7 Å². The number of imidazole rings is 1. The van der Waals surface area contributed by atoms with Crippen molar-refractivity contribution >= 4 is 27.6 Å². The molecule has 0 atom stereocenters. The monoisotopic (exact) mass is 220 g/mol. The second-order valence-corrected chi connectivity index (χ2v) is 4.77. The van der Waals surface area contributed by atoms with Crippen LogP contribution < -0.4 is 0 Å². The molecule has 3 rings (SSSR count). The van der Waals surface area contributed by atoms with Gasteiger partial charge in [0.2, 0.25) is 0 Å². The van der Waals surface area contributed by atoms with E-state index in [9.17, 15) is 0 Å². The number of aromatic nitrogens is 2. The lowest BCUT2D eigenvalue weighted by Crippen LogP contribution is -1.81. The van der Waals surface area contributed by atoms with E-state index >= 15 is 0 Å². The van der Waals surface area contributed by atoms with Gasteiger partial charge in [-0.1, -0.05) is 0 Å². The maximum Gasteiger partial charge on any atom is 0.194 e. The van der Waals surface area contributed by atoms with E-state index in [2.05, 4.69) is 44.7 Å². The number of rotatable bonds is 1. The van der Waals surface area contributed by atoms with Crippen molar-refractivity contribution in [3.05, 3.63) is 34.1 Å². The van der Waals surface area contributed by atoms with Crippen LogP contribution in [0.3, 0.4) is 0 Å². The molecule has 0 saturated heterocycles. The van der Waals surface area contributed by atoms with Gasteiger partial charge in [-0.15, -0.1) is 11.3 Å². The highest BCUT2D eigenvalue weighted by atomic mass is 32.1. The highest BCUT2D eigenvalue weighted by Crippen LogP contribution is 2.27. The molecule has 70 valence electrons. The van der Waals surface area contributed by atoms with Gasteiger partial charge in [-0.25, -0.2) is 4.98 Å². The summed E-state index contributed by atoms with van der Waals surface area (Å²) in [6.07, 6.45) is 2.07. The Morgan fingerprint density at radius 3 is 3.00 bits per heavy atom. The zero-order valence-corrected chi connectivity index (χ0v) is 9.23. The molecule has 0 aliphatic rings. The molecule has 3 aromatic heterocycles. The summed E-state index contributed by atoms with van der Waals surface area (Å²) in [7, 11) is 0. The second-order valence-electron chi connectivity index (χ2n) is 3.11. The van der Waals surface area contributed by atoms with Crippen LogP contribution in [0.1, 0.15) is 5.69 Å². The van der Waals surface area contributed by atoms with E-state index in [0.717, 1.165) is 10.7 Å². The van der Waals surface area contributed by atoms with Crippen LogP contribution in [0, 0.1) is 6.92 Å². The Hall–Kier alpha value is -1.13. The number of thiophene rings is 1. The fourth-order valence-electron chi connectivity index (χ4n) is 1.57. The van der Waals surface area contributed by atoms with Gasteiger partial charge in [-0.05, 0) is 18.4 Å². The van der Waals surface area contributed by atoms with Crippen molar-refractivity contribution < 1.29 is 0 Å². The average Bonchev–Trinajstić information content (AvgIpc) is 2.84. The lowest BCUT2D eigenvalue weighted by Gasteiger charge is -1.93. The van der Waals surface area contributed by atoms with E-state index in [0.29, 0.717) is 0 Å². The third-order valence-corrected chi connectivity index (χ3v) is 3.74. The fourth-order valence-corrected chi connectivity index (χ4v) is 2.97. The normalized spacial score (nSPS) is 11.2. The summed E-state index contributed by atoms with van der Waals surface area (Å²) in [4.78, 5) is 5.68. The topological polar surface area (TPSA) is 17.3 Å². The summed E-state index contributed by atoms with van der Waals surface area (Å²) in [5, 5.41) is 6.29. The minimum atomic E-state index is 1.07. The number of aryl methyl sites for hydroxylation is 1. The van der Waals surface area contributed by atoms with Crippen molar-refractivity contribution in [1.82, 2.24) is 9.38 Å². The van der Waals surface area contributed by atoms with Gasteiger partial charge in [0.25, 0.3) is 0 Å². The SMILES string of the molecule is Cc1c(-c2ccsc2)nc2sccn12. The first-order valence-electron chi connectivity index (χ1n) is 4.31. The van der Waals surface area contributed by atoms with Crippen LogP contribution >= 0.6 is 22.7 Å².